The first-order chi connectivity index (χ1) is 17.5. The van der Waals surface area contributed by atoms with Crippen molar-refractivity contribution in [2.75, 3.05) is 11.9 Å². The molecule has 36 heavy (non-hydrogen) atoms. The second-order valence-corrected chi connectivity index (χ2v) is 10.1. The monoisotopic (exact) mass is 507 g/mol. The number of anilines is 1. The Morgan fingerprint density at radius 1 is 1.08 bits per heavy atom. The third-order valence-corrected chi connectivity index (χ3v) is 7.20. The molecule has 0 aliphatic heterocycles. The summed E-state index contributed by atoms with van der Waals surface area (Å²) in [6.45, 7) is 2.70. The zero-order valence-corrected chi connectivity index (χ0v) is 21.0. The fourth-order valence-corrected chi connectivity index (χ4v) is 5.20. The van der Waals surface area contributed by atoms with Gasteiger partial charge in [0.1, 0.15) is 11.6 Å². The highest BCUT2D eigenvalue weighted by atomic mass is 35.5. The molecule has 1 fully saturated rings. The SMILES string of the molecule is CC(CO)NC1CCC(Nc2cc(-c3ccc4ncn(Cc5cccc(F)c5)c4c3)c(Cl)cn2)CC1. The van der Waals surface area contributed by atoms with E-state index in [1.807, 2.05) is 35.8 Å². The van der Waals surface area contributed by atoms with Gasteiger partial charge in [0.25, 0.3) is 0 Å². The van der Waals surface area contributed by atoms with Crippen LogP contribution in [-0.4, -0.2) is 44.4 Å². The lowest BCUT2D eigenvalue weighted by Crippen LogP contribution is -2.42. The van der Waals surface area contributed by atoms with Crippen LogP contribution in [0.25, 0.3) is 22.2 Å². The minimum Gasteiger partial charge on any atom is -0.395 e. The van der Waals surface area contributed by atoms with Crippen LogP contribution < -0.4 is 10.6 Å². The van der Waals surface area contributed by atoms with E-state index >= 15 is 0 Å². The minimum atomic E-state index is -0.245. The number of nitrogens with one attached hydrogen (secondary N) is 2. The van der Waals surface area contributed by atoms with E-state index in [9.17, 15) is 9.50 Å². The van der Waals surface area contributed by atoms with Crippen molar-refractivity contribution >= 4 is 28.5 Å². The third-order valence-electron chi connectivity index (χ3n) is 6.90. The molecule has 2 aromatic heterocycles. The van der Waals surface area contributed by atoms with E-state index in [-0.39, 0.29) is 18.5 Å². The lowest BCUT2D eigenvalue weighted by atomic mass is 9.90. The van der Waals surface area contributed by atoms with Crippen molar-refractivity contribution in [3.8, 4) is 11.1 Å². The summed E-state index contributed by atoms with van der Waals surface area (Å²) in [6.07, 6.45) is 7.70. The molecule has 1 unspecified atom stereocenters. The Bertz CT molecular complexity index is 1330. The Morgan fingerprint density at radius 2 is 1.89 bits per heavy atom. The van der Waals surface area contributed by atoms with Gasteiger partial charge in [-0.1, -0.05) is 29.8 Å². The molecular weight excluding hydrogens is 477 g/mol. The van der Waals surface area contributed by atoms with Gasteiger partial charge in [0, 0.05) is 36.4 Å². The highest BCUT2D eigenvalue weighted by Gasteiger charge is 2.22. The van der Waals surface area contributed by atoms with Crippen molar-refractivity contribution in [3.63, 3.8) is 0 Å². The number of imidazole rings is 1. The highest BCUT2D eigenvalue weighted by molar-refractivity contribution is 6.33. The lowest BCUT2D eigenvalue weighted by Gasteiger charge is -2.31. The summed E-state index contributed by atoms with van der Waals surface area (Å²) in [5.41, 5.74) is 4.59. The van der Waals surface area contributed by atoms with Gasteiger partial charge < -0.3 is 20.3 Å². The van der Waals surface area contributed by atoms with E-state index in [0.29, 0.717) is 23.7 Å². The molecule has 0 spiro atoms. The molecule has 0 bridgehead atoms. The summed E-state index contributed by atoms with van der Waals surface area (Å²) in [5.74, 6) is 0.563. The molecule has 8 heteroatoms. The maximum Gasteiger partial charge on any atom is 0.126 e. The van der Waals surface area contributed by atoms with Crippen LogP contribution in [0, 0.1) is 5.82 Å². The average molecular weight is 508 g/mol. The van der Waals surface area contributed by atoms with Gasteiger partial charge in [0.05, 0.1) is 29.0 Å². The molecule has 6 nitrogen and oxygen atoms in total. The quantitative estimate of drug-likeness (QED) is 0.288. The van der Waals surface area contributed by atoms with Gasteiger partial charge in [-0.25, -0.2) is 14.4 Å². The predicted octanol–water partition coefficient (Wildman–Crippen LogP) is 5.63. The fraction of sp³-hybridized carbons (Fsp3) is 0.357. The summed E-state index contributed by atoms with van der Waals surface area (Å²) in [5, 5.41) is 16.9. The van der Waals surface area contributed by atoms with Crippen molar-refractivity contribution in [2.45, 2.75) is 57.3 Å². The van der Waals surface area contributed by atoms with Crippen molar-refractivity contribution in [1.82, 2.24) is 19.9 Å². The summed E-state index contributed by atoms with van der Waals surface area (Å²) < 4.78 is 15.7. The fourth-order valence-electron chi connectivity index (χ4n) is 4.99. The number of rotatable bonds is 8. The second kappa shape index (κ2) is 10.9. The van der Waals surface area contributed by atoms with Crippen LogP contribution in [0.1, 0.15) is 38.2 Å². The number of pyridine rings is 1. The number of hydrogen-bond donors (Lipinski definition) is 3. The first-order valence-electron chi connectivity index (χ1n) is 12.5. The van der Waals surface area contributed by atoms with Gasteiger partial charge in [-0.3, -0.25) is 0 Å². The van der Waals surface area contributed by atoms with Gasteiger partial charge in [-0.05, 0) is 74.1 Å². The predicted molar refractivity (Wildman–Crippen MR) is 143 cm³/mol. The second-order valence-electron chi connectivity index (χ2n) is 9.70. The maximum absolute atomic E-state index is 13.7. The highest BCUT2D eigenvalue weighted by Crippen LogP contribution is 2.32. The molecule has 5 rings (SSSR count). The number of aliphatic hydroxyl groups excluding tert-OH is 1. The van der Waals surface area contributed by atoms with Gasteiger partial charge in [0.15, 0.2) is 0 Å². The summed E-state index contributed by atoms with van der Waals surface area (Å²) in [7, 11) is 0. The van der Waals surface area contributed by atoms with E-state index in [1.165, 1.54) is 6.07 Å². The maximum atomic E-state index is 13.7. The molecule has 0 saturated heterocycles. The Hall–Kier alpha value is -3.00. The summed E-state index contributed by atoms with van der Waals surface area (Å²) in [4.78, 5) is 9.04. The van der Waals surface area contributed by atoms with Crippen LogP contribution in [0.15, 0.2) is 61.1 Å². The van der Waals surface area contributed by atoms with Crippen molar-refractivity contribution < 1.29 is 9.50 Å². The first-order valence-corrected chi connectivity index (χ1v) is 12.8. The molecule has 1 aliphatic carbocycles. The minimum absolute atomic E-state index is 0.127. The topological polar surface area (TPSA) is 75.0 Å². The zero-order valence-electron chi connectivity index (χ0n) is 20.3. The molecule has 0 radical (unpaired) electrons. The molecular formula is C28H31ClFN5O. The van der Waals surface area contributed by atoms with Gasteiger partial charge in [-0.2, -0.15) is 0 Å². The van der Waals surface area contributed by atoms with Crippen molar-refractivity contribution in [2.24, 2.45) is 0 Å². The first kappa shape index (κ1) is 24.7. The number of halogens is 2. The molecule has 188 valence electrons. The van der Waals surface area contributed by atoms with Crippen molar-refractivity contribution in [1.29, 1.82) is 0 Å². The molecule has 2 heterocycles. The third kappa shape index (κ3) is 5.69. The van der Waals surface area contributed by atoms with Gasteiger partial charge >= 0.3 is 0 Å². The number of aromatic nitrogens is 3. The van der Waals surface area contributed by atoms with Gasteiger partial charge in [0.2, 0.25) is 0 Å². The van der Waals surface area contributed by atoms with Crippen LogP contribution in [0.2, 0.25) is 5.02 Å². The molecule has 2 aromatic carbocycles. The largest absolute Gasteiger partial charge is 0.395 e. The smallest absolute Gasteiger partial charge is 0.126 e. The Labute approximate surface area is 215 Å². The number of benzene rings is 2. The van der Waals surface area contributed by atoms with Crippen LogP contribution in [-0.2, 0) is 6.54 Å². The van der Waals surface area contributed by atoms with E-state index in [4.69, 9.17) is 11.6 Å². The standard InChI is InChI=1S/C28H31ClFN5O/c1-18(16-36)33-22-6-8-23(9-7-22)34-28-13-24(25(29)14-31-28)20-5-10-26-27(12-20)35(17-32-26)15-19-3-2-4-21(30)11-19/h2-5,10-14,17-18,22-23,33,36H,6-9,15-16H2,1H3,(H,31,34). The molecule has 1 aliphatic rings. The van der Waals surface area contributed by atoms with Crippen molar-refractivity contribution in [3.05, 3.63) is 77.5 Å². The molecule has 4 aromatic rings. The van der Waals surface area contributed by atoms with E-state index in [2.05, 4.69) is 26.7 Å². The molecule has 3 N–H and O–H groups in total. The molecule has 0 amide bonds. The van der Waals surface area contributed by atoms with E-state index < -0.39 is 0 Å². The Morgan fingerprint density at radius 3 is 2.67 bits per heavy atom. The van der Waals surface area contributed by atoms with Crippen LogP contribution in [0.4, 0.5) is 10.2 Å². The Balaban J connectivity index is 1.33. The average Bonchev–Trinajstić information content (AvgIpc) is 3.28. The van der Waals surface area contributed by atoms with E-state index in [1.54, 1.807) is 24.7 Å². The summed E-state index contributed by atoms with van der Waals surface area (Å²) >= 11 is 6.58. The lowest BCUT2D eigenvalue weighted by molar-refractivity contribution is 0.226. The molecule has 1 atom stereocenters. The molecule has 1 saturated carbocycles. The normalized spacial score (nSPS) is 18.9. The number of aliphatic hydroxyl groups is 1. The Kier molecular flexibility index (Phi) is 7.51. The van der Waals surface area contributed by atoms with Gasteiger partial charge in [-0.15, -0.1) is 0 Å². The number of nitrogens with zero attached hydrogens (tertiary/aromatic N) is 3. The van der Waals surface area contributed by atoms with Crippen LogP contribution >= 0.6 is 11.6 Å². The van der Waals surface area contributed by atoms with Crippen LogP contribution in [0.5, 0.6) is 0 Å². The number of fused-ring (bicyclic) bond motifs is 1. The number of hydrogen-bond acceptors (Lipinski definition) is 5. The zero-order chi connectivity index (χ0) is 25.1. The van der Waals surface area contributed by atoms with Crippen LogP contribution in [0.3, 0.4) is 0 Å². The van der Waals surface area contributed by atoms with E-state index in [0.717, 1.165) is 59.2 Å². The summed E-state index contributed by atoms with van der Waals surface area (Å²) in [6, 6.07) is 15.6.